The van der Waals surface area contributed by atoms with Crippen molar-refractivity contribution in [3.63, 3.8) is 0 Å². The molecule has 2 amide bonds. The Hall–Kier alpha value is -3.39. The van der Waals surface area contributed by atoms with Crippen LogP contribution >= 0.6 is 11.6 Å². The van der Waals surface area contributed by atoms with Crippen LogP contribution in [0.3, 0.4) is 0 Å². The number of aromatic nitrogens is 1. The fourth-order valence-electron chi connectivity index (χ4n) is 4.32. The third kappa shape index (κ3) is 4.75. The molecule has 2 aliphatic rings. The molecule has 35 heavy (non-hydrogen) atoms. The lowest BCUT2D eigenvalue weighted by Gasteiger charge is -2.28. The Morgan fingerprint density at radius 3 is 2.71 bits per heavy atom. The van der Waals surface area contributed by atoms with Gasteiger partial charge in [0.25, 0.3) is 0 Å². The number of hydrogen-bond acceptors (Lipinski definition) is 5. The van der Waals surface area contributed by atoms with E-state index in [2.05, 4.69) is 41.3 Å². The number of anilines is 1. The number of nitrogens with one attached hydrogen (secondary N) is 2. The van der Waals surface area contributed by atoms with Gasteiger partial charge in [-0.15, -0.1) is 0 Å². The van der Waals surface area contributed by atoms with Gasteiger partial charge in [0.15, 0.2) is 11.6 Å². The van der Waals surface area contributed by atoms with Gasteiger partial charge >= 0.3 is 6.03 Å². The molecule has 0 saturated heterocycles. The second-order valence-corrected chi connectivity index (χ2v) is 9.67. The largest absolute Gasteiger partial charge is 0.453 e. The predicted molar refractivity (Wildman–Crippen MR) is 136 cm³/mol. The summed E-state index contributed by atoms with van der Waals surface area (Å²) in [6.45, 7) is 6.45. The lowest BCUT2D eigenvalue weighted by atomic mass is 9.99. The molecule has 1 aromatic heterocycles. The highest BCUT2D eigenvalue weighted by Crippen LogP contribution is 2.38. The summed E-state index contributed by atoms with van der Waals surface area (Å²) >= 11 is 6.19. The molecule has 1 fully saturated rings. The van der Waals surface area contributed by atoms with Crippen LogP contribution < -0.4 is 15.4 Å². The smallest absolute Gasteiger partial charge is 0.319 e. The number of carbonyl (C=O) groups is 1. The van der Waals surface area contributed by atoms with E-state index in [1.54, 1.807) is 12.3 Å². The summed E-state index contributed by atoms with van der Waals surface area (Å²) in [5.41, 5.74) is 1.97. The molecular formula is C26H27ClFN5O2. The zero-order valence-corrected chi connectivity index (χ0v) is 20.5. The molecule has 2 unspecified atom stereocenters. The minimum Gasteiger partial charge on any atom is -0.453 e. The molecule has 0 bridgehead atoms. The number of carbonyl (C=O) groups excluding carboxylic acids is 1. The number of halogens is 2. The number of benzene rings is 2. The van der Waals surface area contributed by atoms with E-state index in [1.807, 2.05) is 24.5 Å². The molecule has 1 aliphatic carbocycles. The number of aliphatic imine (C=N–C) groups is 1. The molecule has 5 rings (SSSR count). The summed E-state index contributed by atoms with van der Waals surface area (Å²) in [7, 11) is 0. The maximum absolute atomic E-state index is 15.0. The van der Waals surface area contributed by atoms with Crippen molar-refractivity contribution in [3.8, 4) is 11.5 Å². The Labute approximate surface area is 208 Å². The number of nitrogens with zero attached hydrogens (tertiary/aromatic N) is 3. The first-order valence-corrected chi connectivity index (χ1v) is 12.1. The minimum absolute atomic E-state index is 0.0154. The van der Waals surface area contributed by atoms with Crippen LogP contribution in [0.1, 0.15) is 45.2 Å². The van der Waals surface area contributed by atoms with E-state index >= 15 is 4.39 Å². The summed E-state index contributed by atoms with van der Waals surface area (Å²) in [4.78, 5) is 23.4. The van der Waals surface area contributed by atoms with Crippen molar-refractivity contribution in [2.75, 3.05) is 5.32 Å². The lowest BCUT2D eigenvalue weighted by Crippen LogP contribution is -2.35. The zero-order chi connectivity index (χ0) is 24.7. The van der Waals surface area contributed by atoms with Gasteiger partial charge in [-0.1, -0.05) is 17.7 Å². The Kier molecular flexibility index (Phi) is 6.23. The monoisotopic (exact) mass is 495 g/mol. The van der Waals surface area contributed by atoms with Crippen molar-refractivity contribution >= 4 is 40.6 Å². The Bertz CT molecular complexity index is 1310. The zero-order valence-electron chi connectivity index (χ0n) is 19.8. The normalized spacial score (nSPS) is 19.4. The second kappa shape index (κ2) is 9.34. The quantitative estimate of drug-likeness (QED) is 0.421. The molecule has 2 aromatic carbocycles. The topological polar surface area (TPSA) is 78.8 Å². The van der Waals surface area contributed by atoms with Gasteiger partial charge in [0, 0.05) is 23.7 Å². The van der Waals surface area contributed by atoms with Crippen molar-refractivity contribution in [1.29, 1.82) is 0 Å². The number of fused-ring (bicyclic) bond motifs is 1. The highest BCUT2D eigenvalue weighted by Gasteiger charge is 2.30. The van der Waals surface area contributed by atoms with E-state index in [1.165, 1.54) is 12.1 Å². The molecule has 2 N–H and O–H groups in total. The summed E-state index contributed by atoms with van der Waals surface area (Å²) in [5, 5.41) is 5.90. The number of hydrogen-bond donors (Lipinski definition) is 2. The standard InChI is InChI=1S/C26H27ClFN5O2/c1-14(2)33-13-30-25(15(33)3)16-4-7-18-20(12-16)29-11-10-21(18)35-22-9-8-19(23(27)24(22)28)32-26(34)31-17-5-6-17/h4,7-15,17,25H,5-6H2,1-3H3,(H2,31,32,34). The molecule has 1 aliphatic heterocycles. The van der Waals surface area contributed by atoms with E-state index in [4.69, 9.17) is 21.3 Å². The number of pyridine rings is 1. The van der Waals surface area contributed by atoms with Gasteiger partial charge in [-0.2, -0.15) is 0 Å². The Morgan fingerprint density at radius 1 is 1.20 bits per heavy atom. The fraction of sp³-hybridized carbons (Fsp3) is 0.346. The van der Waals surface area contributed by atoms with Crippen LogP contribution in [-0.2, 0) is 0 Å². The van der Waals surface area contributed by atoms with Crippen molar-refractivity contribution in [2.24, 2.45) is 4.99 Å². The molecule has 9 heteroatoms. The maximum atomic E-state index is 15.0. The highest BCUT2D eigenvalue weighted by molar-refractivity contribution is 6.34. The Morgan fingerprint density at radius 2 is 2.00 bits per heavy atom. The second-order valence-electron chi connectivity index (χ2n) is 9.29. The third-order valence-corrected chi connectivity index (χ3v) is 6.75. The van der Waals surface area contributed by atoms with Crippen LogP contribution in [0.4, 0.5) is 14.9 Å². The van der Waals surface area contributed by atoms with E-state index in [0.29, 0.717) is 11.8 Å². The summed E-state index contributed by atoms with van der Waals surface area (Å²) < 4.78 is 20.9. The minimum atomic E-state index is -0.750. The van der Waals surface area contributed by atoms with E-state index < -0.39 is 11.8 Å². The summed E-state index contributed by atoms with van der Waals surface area (Å²) in [6.07, 6.45) is 5.44. The molecule has 2 heterocycles. The molecule has 182 valence electrons. The van der Waals surface area contributed by atoms with Crippen LogP contribution in [0.25, 0.3) is 10.9 Å². The number of amides is 2. The third-order valence-electron chi connectivity index (χ3n) is 6.38. The molecule has 2 atom stereocenters. The number of urea groups is 1. The molecule has 0 radical (unpaired) electrons. The molecule has 3 aromatic rings. The van der Waals surface area contributed by atoms with Crippen molar-refractivity contribution in [3.05, 3.63) is 59.0 Å². The summed E-state index contributed by atoms with van der Waals surface area (Å²) in [5.74, 6) is -0.336. The molecule has 0 spiro atoms. The van der Waals surface area contributed by atoms with Gasteiger partial charge in [-0.25, -0.2) is 9.18 Å². The average molecular weight is 496 g/mol. The van der Waals surface area contributed by atoms with E-state index in [0.717, 1.165) is 29.3 Å². The lowest BCUT2D eigenvalue weighted by molar-refractivity contribution is 0.251. The highest BCUT2D eigenvalue weighted by atomic mass is 35.5. The van der Waals surface area contributed by atoms with Gasteiger partial charge < -0.3 is 20.3 Å². The van der Waals surface area contributed by atoms with Crippen molar-refractivity contribution in [2.45, 2.75) is 57.8 Å². The maximum Gasteiger partial charge on any atom is 0.319 e. The van der Waals surface area contributed by atoms with Gasteiger partial charge in [0.1, 0.15) is 10.8 Å². The molecule has 1 saturated carbocycles. The fourth-order valence-corrected chi connectivity index (χ4v) is 4.52. The first-order valence-electron chi connectivity index (χ1n) is 11.7. The molecular weight excluding hydrogens is 469 g/mol. The first-order chi connectivity index (χ1) is 16.8. The van der Waals surface area contributed by atoms with Crippen molar-refractivity contribution < 1.29 is 13.9 Å². The average Bonchev–Trinajstić information content (AvgIpc) is 3.56. The Balaban J connectivity index is 1.37. The van der Waals surface area contributed by atoms with E-state index in [-0.39, 0.29) is 34.6 Å². The summed E-state index contributed by atoms with van der Waals surface area (Å²) in [6, 6.07) is 11.0. The van der Waals surface area contributed by atoms with Crippen LogP contribution in [0.5, 0.6) is 11.5 Å². The van der Waals surface area contributed by atoms with Crippen LogP contribution in [0.15, 0.2) is 47.6 Å². The van der Waals surface area contributed by atoms with Crippen LogP contribution in [0, 0.1) is 5.82 Å². The van der Waals surface area contributed by atoms with E-state index in [9.17, 15) is 4.79 Å². The predicted octanol–water partition coefficient (Wildman–Crippen LogP) is 6.29. The number of rotatable bonds is 6. The first kappa shape index (κ1) is 23.4. The SMILES string of the molecule is CC(C)N1C=NC(c2ccc3c(Oc4ccc(NC(=O)NC5CC5)c(Cl)c4F)ccnc3c2)C1C. The van der Waals surface area contributed by atoms with Crippen LogP contribution in [-0.4, -0.2) is 40.4 Å². The van der Waals surface area contributed by atoms with Gasteiger partial charge in [0.05, 0.1) is 29.6 Å². The van der Waals surface area contributed by atoms with Gasteiger partial charge in [0.2, 0.25) is 0 Å². The van der Waals surface area contributed by atoms with Gasteiger partial charge in [-0.3, -0.25) is 9.98 Å². The molecule has 7 nitrogen and oxygen atoms in total. The number of ether oxygens (including phenoxy) is 1. The van der Waals surface area contributed by atoms with Crippen LogP contribution in [0.2, 0.25) is 5.02 Å². The van der Waals surface area contributed by atoms with Gasteiger partial charge in [-0.05, 0) is 69.5 Å². The van der Waals surface area contributed by atoms with Crippen molar-refractivity contribution in [1.82, 2.24) is 15.2 Å².